The summed E-state index contributed by atoms with van der Waals surface area (Å²) in [7, 11) is 1.65. The highest BCUT2D eigenvalue weighted by Crippen LogP contribution is 2.29. The number of hydrogen-bond acceptors (Lipinski definition) is 5. The fourth-order valence-electron chi connectivity index (χ4n) is 2.50. The van der Waals surface area contributed by atoms with Gasteiger partial charge in [0.25, 0.3) is 0 Å². The molecule has 0 spiro atoms. The summed E-state index contributed by atoms with van der Waals surface area (Å²) in [5.41, 5.74) is 2.83. The SMILES string of the molecule is CCc1nn(Cc2ccc(OC)cc2)cc1C(O)c1nc(Br)cs1. The lowest BCUT2D eigenvalue weighted by atomic mass is 10.1. The Morgan fingerprint density at radius 3 is 2.67 bits per heavy atom. The Bertz CT molecular complexity index is 814. The number of benzene rings is 1. The number of aliphatic hydroxyl groups excluding tert-OH is 1. The van der Waals surface area contributed by atoms with Crippen LogP contribution in [0.2, 0.25) is 0 Å². The van der Waals surface area contributed by atoms with Gasteiger partial charge in [0.1, 0.15) is 21.5 Å². The topological polar surface area (TPSA) is 60.2 Å². The maximum atomic E-state index is 10.6. The molecule has 24 heavy (non-hydrogen) atoms. The summed E-state index contributed by atoms with van der Waals surface area (Å²) >= 11 is 4.76. The number of ether oxygens (including phenoxy) is 1. The minimum atomic E-state index is -0.749. The zero-order valence-electron chi connectivity index (χ0n) is 13.4. The molecule has 7 heteroatoms. The summed E-state index contributed by atoms with van der Waals surface area (Å²) in [6.45, 7) is 2.68. The van der Waals surface area contributed by atoms with Crippen LogP contribution >= 0.6 is 27.3 Å². The van der Waals surface area contributed by atoms with Crippen LogP contribution in [-0.4, -0.2) is 27.0 Å². The molecule has 0 fully saturated rings. The lowest BCUT2D eigenvalue weighted by Gasteiger charge is -2.06. The molecule has 1 aromatic carbocycles. The van der Waals surface area contributed by atoms with Crippen LogP contribution in [0.1, 0.15) is 34.9 Å². The second-order valence-electron chi connectivity index (χ2n) is 5.34. The Kier molecular flexibility index (Phi) is 5.33. The van der Waals surface area contributed by atoms with E-state index in [1.807, 2.05) is 47.4 Å². The van der Waals surface area contributed by atoms with E-state index in [0.29, 0.717) is 11.6 Å². The first-order chi connectivity index (χ1) is 11.6. The van der Waals surface area contributed by atoms with Crippen molar-refractivity contribution in [1.29, 1.82) is 0 Å². The first kappa shape index (κ1) is 17.1. The fraction of sp³-hybridized carbons (Fsp3) is 0.294. The molecule has 5 nitrogen and oxygen atoms in total. The van der Waals surface area contributed by atoms with Gasteiger partial charge in [-0.1, -0.05) is 19.1 Å². The molecule has 2 aromatic heterocycles. The Hall–Kier alpha value is -1.70. The summed E-state index contributed by atoms with van der Waals surface area (Å²) < 4.78 is 7.78. The van der Waals surface area contributed by atoms with Gasteiger partial charge in [0.2, 0.25) is 0 Å². The molecule has 1 atom stereocenters. The van der Waals surface area contributed by atoms with Crippen molar-refractivity contribution in [3.63, 3.8) is 0 Å². The molecular formula is C17H18BrN3O2S. The molecule has 126 valence electrons. The third kappa shape index (κ3) is 3.68. The van der Waals surface area contributed by atoms with Gasteiger partial charge in [-0.3, -0.25) is 4.68 Å². The molecule has 1 unspecified atom stereocenters. The summed E-state index contributed by atoms with van der Waals surface area (Å²) in [6.07, 6.45) is 1.92. The predicted molar refractivity (Wildman–Crippen MR) is 97.6 cm³/mol. The van der Waals surface area contributed by atoms with Crippen LogP contribution in [-0.2, 0) is 13.0 Å². The van der Waals surface area contributed by atoms with E-state index in [4.69, 9.17) is 4.74 Å². The van der Waals surface area contributed by atoms with Gasteiger partial charge in [0, 0.05) is 17.1 Å². The number of halogens is 1. The van der Waals surface area contributed by atoms with Crippen LogP contribution < -0.4 is 4.74 Å². The number of rotatable bonds is 6. The highest BCUT2D eigenvalue weighted by atomic mass is 79.9. The number of methoxy groups -OCH3 is 1. The van der Waals surface area contributed by atoms with Crippen molar-refractivity contribution in [2.24, 2.45) is 0 Å². The summed E-state index contributed by atoms with van der Waals surface area (Å²) in [4.78, 5) is 4.31. The molecular weight excluding hydrogens is 390 g/mol. The predicted octanol–water partition coefficient (Wildman–Crippen LogP) is 3.80. The van der Waals surface area contributed by atoms with Gasteiger partial charge >= 0.3 is 0 Å². The maximum Gasteiger partial charge on any atom is 0.134 e. The highest BCUT2D eigenvalue weighted by molar-refractivity contribution is 9.10. The Balaban J connectivity index is 1.83. The number of aromatic nitrogens is 3. The fourth-order valence-corrected chi connectivity index (χ4v) is 3.77. The maximum absolute atomic E-state index is 10.6. The average Bonchev–Trinajstić information content (AvgIpc) is 3.21. The van der Waals surface area contributed by atoms with E-state index in [2.05, 4.69) is 26.0 Å². The second kappa shape index (κ2) is 7.46. The number of aryl methyl sites for hydroxylation is 1. The highest BCUT2D eigenvalue weighted by Gasteiger charge is 2.20. The first-order valence-electron chi connectivity index (χ1n) is 7.58. The van der Waals surface area contributed by atoms with Gasteiger partial charge in [-0.25, -0.2) is 4.98 Å². The van der Waals surface area contributed by atoms with Crippen molar-refractivity contribution >= 4 is 27.3 Å². The largest absolute Gasteiger partial charge is 0.497 e. The summed E-state index contributed by atoms with van der Waals surface area (Å²) in [5, 5.41) is 17.8. The Morgan fingerprint density at radius 1 is 1.33 bits per heavy atom. The van der Waals surface area contributed by atoms with E-state index in [1.165, 1.54) is 11.3 Å². The normalized spacial score (nSPS) is 12.3. The van der Waals surface area contributed by atoms with E-state index in [-0.39, 0.29) is 0 Å². The zero-order chi connectivity index (χ0) is 17.1. The van der Waals surface area contributed by atoms with E-state index in [0.717, 1.165) is 33.6 Å². The summed E-state index contributed by atoms with van der Waals surface area (Å²) in [6, 6.07) is 7.89. The number of thiazole rings is 1. The van der Waals surface area contributed by atoms with Crippen molar-refractivity contribution in [2.45, 2.75) is 26.0 Å². The number of aliphatic hydroxyl groups is 1. The van der Waals surface area contributed by atoms with Gasteiger partial charge < -0.3 is 9.84 Å². The van der Waals surface area contributed by atoms with E-state index >= 15 is 0 Å². The molecule has 3 rings (SSSR count). The average molecular weight is 408 g/mol. The van der Waals surface area contributed by atoms with Crippen LogP contribution in [0.15, 0.2) is 40.4 Å². The Morgan fingerprint density at radius 2 is 2.08 bits per heavy atom. The van der Waals surface area contributed by atoms with E-state index in [9.17, 15) is 5.11 Å². The molecule has 1 N–H and O–H groups in total. The van der Waals surface area contributed by atoms with E-state index in [1.54, 1.807) is 7.11 Å². The Labute approximate surface area is 153 Å². The van der Waals surface area contributed by atoms with Crippen molar-refractivity contribution < 1.29 is 9.84 Å². The summed E-state index contributed by atoms with van der Waals surface area (Å²) in [5.74, 6) is 0.832. The van der Waals surface area contributed by atoms with Crippen molar-refractivity contribution in [1.82, 2.24) is 14.8 Å². The van der Waals surface area contributed by atoms with Gasteiger partial charge in [-0.05, 0) is 40.0 Å². The molecule has 0 radical (unpaired) electrons. The molecule has 0 saturated heterocycles. The molecule has 0 amide bonds. The van der Waals surface area contributed by atoms with Gasteiger partial charge in [0.15, 0.2) is 0 Å². The van der Waals surface area contributed by atoms with Crippen molar-refractivity contribution in [3.05, 3.63) is 62.3 Å². The van der Waals surface area contributed by atoms with Gasteiger partial charge in [0.05, 0.1) is 19.3 Å². The van der Waals surface area contributed by atoms with Crippen LogP contribution in [0.25, 0.3) is 0 Å². The van der Waals surface area contributed by atoms with Gasteiger partial charge in [-0.2, -0.15) is 5.10 Å². The quantitative estimate of drug-likeness (QED) is 0.674. The second-order valence-corrected chi connectivity index (χ2v) is 7.04. The zero-order valence-corrected chi connectivity index (χ0v) is 15.8. The van der Waals surface area contributed by atoms with E-state index < -0.39 is 6.10 Å². The molecule has 0 aliphatic rings. The standard InChI is InChI=1S/C17H18BrN3O2S/c1-3-14-13(16(22)17-19-15(18)10-24-17)9-21(20-14)8-11-4-6-12(23-2)7-5-11/h4-7,9-10,16,22H,3,8H2,1-2H3. The minimum absolute atomic E-state index is 0.644. The molecule has 0 bridgehead atoms. The molecule has 0 aliphatic carbocycles. The molecule has 0 aliphatic heterocycles. The monoisotopic (exact) mass is 407 g/mol. The lowest BCUT2D eigenvalue weighted by molar-refractivity contribution is 0.218. The number of nitrogens with zero attached hydrogens (tertiary/aromatic N) is 3. The van der Waals surface area contributed by atoms with Crippen LogP contribution in [0.4, 0.5) is 0 Å². The van der Waals surface area contributed by atoms with Crippen LogP contribution in [0.3, 0.4) is 0 Å². The lowest BCUT2D eigenvalue weighted by Crippen LogP contribution is -2.01. The molecule has 2 heterocycles. The van der Waals surface area contributed by atoms with Crippen molar-refractivity contribution in [2.75, 3.05) is 7.11 Å². The van der Waals surface area contributed by atoms with Crippen LogP contribution in [0.5, 0.6) is 5.75 Å². The van der Waals surface area contributed by atoms with Crippen LogP contribution in [0, 0.1) is 0 Å². The third-order valence-corrected chi connectivity index (χ3v) is 5.34. The molecule has 3 aromatic rings. The smallest absolute Gasteiger partial charge is 0.134 e. The first-order valence-corrected chi connectivity index (χ1v) is 9.26. The third-order valence-electron chi connectivity index (χ3n) is 3.73. The van der Waals surface area contributed by atoms with Gasteiger partial charge in [-0.15, -0.1) is 11.3 Å². The number of hydrogen-bond donors (Lipinski definition) is 1. The van der Waals surface area contributed by atoms with Crippen molar-refractivity contribution in [3.8, 4) is 5.75 Å². The molecule has 0 saturated carbocycles. The minimum Gasteiger partial charge on any atom is -0.497 e.